The van der Waals surface area contributed by atoms with Crippen LogP contribution in [0.4, 0.5) is 0 Å². The van der Waals surface area contributed by atoms with Gasteiger partial charge in [0.15, 0.2) is 5.96 Å². The van der Waals surface area contributed by atoms with Crippen molar-refractivity contribution < 1.29 is 0 Å². The van der Waals surface area contributed by atoms with Crippen LogP contribution in [0.15, 0.2) is 4.99 Å². The fraction of sp³-hybridized carbons (Fsp3) is 0.938. The first-order valence-corrected chi connectivity index (χ1v) is 8.44. The van der Waals surface area contributed by atoms with Gasteiger partial charge in [0, 0.05) is 33.2 Å². The molecular weight excluding hydrogens is 248 g/mol. The fourth-order valence-electron chi connectivity index (χ4n) is 3.15. The van der Waals surface area contributed by atoms with Crippen LogP contribution in [0.25, 0.3) is 0 Å². The van der Waals surface area contributed by atoms with E-state index in [4.69, 9.17) is 0 Å². The molecule has 20 heavy (non-hydrogen) atoms. The molecule has 4 heteroatoms. The minimum absolute atomic E-state index is 0.803. The molecule has 0 amide bonds. The highest BCUT2D eigenvalue weighted by atomic mass is 15.3. The maximum atomic E-state index is 4.46. The Bertz CT molecular complexity index is 308. The van der Waals surface area contributed by atoms with E-state index >= 15 is 0 Å². The Balaban J connectivity index is 1.71. The van der Waals surface area contributed by atoms with E-state index in [1.165, 1.54) is 51.9 Å². The summed E-state index contributed by atoms with van der Waals surface area (Å²) in [4.78, 5) is 9.44. The molecule has 0 aromatic carbocycles. The molecular formula is C16H32N4. The lowest BCUT2D eigenvalue weighted by atomic mass is 10.1. The second-order valence-electron chi connectivity index (χ2n) is 6.29. The molecule has 1 saturated carbocycles. The maximum Gasteiger partial charge on any atom is 0.193 e. The van der Waals surface area contributed by atoms with Crippen molar-refractivity contribution in [1.82, 2.24) is 15.1 Å². The summed E-state index contributed by atoms with van der Waals surface area (Å²) in [5.41, 5.74) is 0. The zero-order valence-electron chi connectivity index (χ0n) is 13.6. The minimum atomic E-state index is 0.803. The molecule has 1 N–H and O–H groups in total. The third-order valence-corrected chi connectivity index (χ3v) is 4.74. The molecule has 0 bridgehead atoms. The molecule has 116 valence electrons. The van der Waals surface area contributed by atoms with Gasteiger partial charge in [-0.15, -0.1) is 0 Å². The molecule has 2 fully saturated rings. The smallest absolute Gasteiger partial charge is 0.193 e. The topological polar surface area (TPSA) is 30.9 Å². The lowest BCUT2D eigenvalue weighted by Gasteiger charge is -2.24. The first-order valence-electron chi connectivity index (χ1n) is 8.44. The van der Waals surface area contributed by atoms with Gasteiger partial charge in [0.1, 0.15) is 0 Å². The van der Waals surface area contributed by atoms with Gasteiger partial charge in [0.25, 0.3) is 0 Å². The van der Waals surface area contributed by atoms with Crippen molar-refractivity contribution in [2.24, 2.45) is 16.8 Å². The molecule has 4 nitrogen and oxygen atoms in total. The Morgan fingerprint density at radius 3 is 2.55 bits per heavy atom. The van der Waals surface area contributed by atoms with E-state index in [-0.39, 0.29) is 0 Å². The summed E-state index contributed by atoms with van der Waals surface area (Å²) in [7, 11) is 1.91. The van der Waals surface area contributed by atoms with Crippen LogP contribution >= 0.6 is 0 Å². The highest BCUT2D eigenvalue weighted by molar-refractivity contribution is 5.80. The maximum absolute atomic E-state index is 4.46. The number of guanidine groups is 1. The van der Waals surface area contributed by atoms with Crippen molar-refractivity contribution in [3.05, 3.63) is 0 Å². The zero-order valence-corrected chi connectivity index (χ0v) is 13.6. The third-order valence-electron chi connectivity index (χ3n) is 4.74. The summed E-state index contributed by atoms with van der Waals surface area (Å²) in [5.74, 6) is 2.92. The van der Waals surface area contributed by atoms with Crippen molar-refractivity contribution >= 4 is 5.96 Å². The molecule has 1 unspecified atom stereocenters. The van der Waals surface area contributed by atoms with Crippen molar-refractivity contribution in [1.29, 1.82) is 0 Å². The first-order chi connectivity index (χ1) is 9.76. The van der Waals surface area contributed by atoms with Gasteiger partial charge >= 0.3 is 0 Å². The van der Waals surface area contributed by atoms with Crippen molar-refractivity contribution in [3.8, 4) is 0 Å². The van der Waals surface area contributed by atoms with E-state index in [0.717, 1.165) is 30.9 Å². The van der Waals surface area contributed by atoms with Crippen molar-refractivity contribution in [3.63, 3.8) is 0 Å². The van der Waals surface area contributed by atoms with Gasteiger partial charge in [0.05, 0.1) is 0 Å². The molecule has 1 aliphatic heterocycles. The summed E-state index contributed by atoms with van der Waals surface area (Å²) in [6, 6.07) is 0. The molecule has 0 spiro atoms. The van der Waals surface area contributed by atoms with Gasteiger partial charge in [-0.3, -0.25) is 4.99 Å². The van der Waals surface area contributed by atoms with E-state index in [1.54, 1.807) is 0 Å². The van der Waals surface area contributed by atoms with Crippen LogP contribution in [-0.2, 0) is 0 Å². The average molecular weight is 280 g/mol. The molecule has 2 rings (SSSR count). The molecule has 0 aromatic rings. The van der Waals surface area contributed by atoms with Crippen LogP contribution in [0.1, 0.15) is 39.5 Å². The molecule has 1 atom stereocenters. The zero-order chi connectivity index (χ0) is 14.4. The number of likely N-dealkylation sites (tertiary alicyclic amines) is 1. The highest BCUT2D eigenvalue weighted by Crippen LogP contribution is 2.31. The van der Waals surface area contributed by atoms with E-state index in [0.29, 0.717) is 0 Å². The van der Waals surface area contributed by atoms with E-state index in [9.17, 15) is 0 Å². The van der Waals surface area contributed by atoms with Crippen LogP contribution in [0, 0.1) is 11.8 Å². The van der Waals surface area contributed by atoms with Gasteiger partial charge in [-0.25, -0.2) is 0 Å². The minimum Gasteiger partial charge on any atom is -0.356 e. The quantitative estimate of drug-likeness (QED) is 0.572. The average Bonchev–Trinajstić information content (AvgIpc) is 3.18. The molecule has 0 radical (unpaired) electrons. The Morgan fingerprint density at radius 1 is 1.20 bits per heavy atom. The molecule has 0 aromatic heterocycles. The van der Waals surface area contributed by atoms with E-state index in [2.05, 4.69) is 34.0 Å². The van der Waals surface area contributed by atoms with Crippen LogP contribution in [0.3, 0.4) is 0 Å². The summed E-state index contributed by atoms with van der Waals surface area (Å²) >= 11 is 0. The van der Waals surface area contributed by atoms with Gasteiger partial charge in [-0.05, 0) is 37.8 Å². The summed E-state index contributed by atoms with van der Waals surface area (Å²) in [6.07, 6.45) is 5.50. The monoisotopic (exact) mass is 280 g/mol. The second-order valence-corrected chi connectivity index (χ2v) is 6.29. The van der Waals surface area contributed by atoms with Gasteiger partial charge in [-0.2, -0.15) is 0 Å². The van der Waals surface area contributed by atoms with Crippen LogP contribution in [-0.4, -0.2) is 62.1 Å². The summed E-state index contributed by atoms with van der Waals surface area (Å²) in [5, 5.41) is 3.55. The lowest BCUT2D eigenvalue weighted by molar-refractivity contribution is 0.255. The summed E-state index contributed by atoms with van der Waals surface area (Å²) < 4.78 is 0. The van der Waals surface area contributed by atoms with Crippen LogP contribution < -0.4 is 5.32 Å². The first kappa shape index (κ1) is 15.6. The van der Waals surface area contributed by atoms with Crippen LogP contribution in [0.2, 0.25) is 0 Å². The largest absolute Gasteiger partial charge is 0.356 e. The molecule has 1 saturated heterocycles. The lowest BCUT2D eigenvalue weighted by Crippen LogP contribution is -2.41. The number of nitrogens with zero attached hydrogens (tertiary/aromatic N) is 3. The Kier molecular flexibility index (Phi) is 6.14. The Hall–Kier alpha value is -0.770. The van der Waals surface area contributed by atoms with E-state index in [1.807, 2.05) is 7.05 Å². The molecule has 2 aliphatic rings. The fourth-order valence-corrected chi connectivity index (χ4v) is 3.15. The van der Waals surface area contributed by atoms with Gasteiger partial charge in [0.2, 0.25) is 0 Å². The normalized spacial score (nSPS) is 23.7. The molecule has 1 heterocycles. The predicted octanol–water partition coefficient (Wildman–Crippen LogP) is 2.03. The van der Waals surface area contributed by atoms with Gasteiger partial charge in [-0.1, -0.05) is 26.7 Å². The van der Waals surface area contributed by atoms with E-state index < -0.39 is 0 Å². The number of aliphatic imine (C=N–C) groups is 1. The Morgan fingerprint density at radius 2 is 1.95 bits per heavy atom. The number of hydrogen-bond acceptors (Lipinski definition) is 2. The number of nitrogens with one attached hydrogen (secondary N) is 1. The summed E-state index contributed by atoms with van der Waals surface area (Å²) in [6.45, 7) is 11.5. The predicted molar refractivity (Wildman–Crippen MR) is 86.2 cm³/mol. The SMILES string of the molecule is CCN(CC)CC1CCN(C(=NC)NCCC2CC2)C1. The number of hydrogen-bond donors (Lipinski definition) is 1. The Labute approximate surface area is 124 Å². The second kappa shape index (κ2) is 7.87. The van der Waals surface area contributed by atoms with Crippen molar-refractivity contribution in [2.75, 3.05) is 46.3 Å². The molecule has 1 aliphatic carbocycles. The van der Waals surface area contributed by atoms with Crippen molar-refractivity contribution in [2.45, 2.75) is 39.5 Å². The number of rotatable bonds is 7. The van der Waals surface area contributed by atoms with Crippen LogP contribution in [0.5, 0.6) is 0 Å². The van der Waals surface area contributed by atoms with Gasteiger partial charge < -0.3 is 15.1 Å². The highest BCUT2D eigenvalue weighted by Gasteiger charge is 2.26. The third kappa shape index (κ3) is 4.65. The standard InChI is InChI=1S/C16H32N4/c1-4-19(5-2)12-15-9-11-20(13-15)16(17-3)18-10-8-14-6-7-14/h14-15H,4-13H2,1-3H3,(H,17,18).